The second-order valence-electron chi connectivity index (χ2n) is 4.71. The number of ether oxygens (including phenoxy) is 1. The van der Waals surface area contributed by atoms with Gasteiger partial charge in [-0.3, -0.25) is 0 Å². The van der Waals surface area contributed by atoms with Crippen molar-refractivity contribution in [2.24, 2.45) is 0 Å². The molecule has 0 saturated carbocycles. The average molecular weight is 245 g/mol. The number of carbonyl (C=O) groups excluding carboxylic acids is 1. The average Bonchev–Trinajstić information content (AvgIpc) is 2.64. The van der Waals surface area contributed by atoms with Gasteiger partial charge in [0, 0.05) is 11.9 Å². The van der Waals surface area contributed by atoms with Crippen LogP contribution >= 0.6 is 0 Å². The highest BCUT2D eigenvalue weighted by molar-refractivity contribution is 5.99. The van der Waals surface area contributed by atoms with Gasteiger partial charge in [-0.1, -0.05) is 19.9 Å². The van der Waals surface area contributed by atoms with Crippen molar-refractivity contribution in [2.75, 3.05) is 6.61 Å². The van der Waals surface area contributed by atoms with Crippen LogP contribution in [0.1, 0.15) is 48.3 Å². The van der Waals surface area contributed by atoms with Crippen LogP contribution in [-0.4, -0.2) is 17.0 Å². The molecule has 96 valence electrons. The van der Waals surface area contributed by atoms with Crippen LogP contribution in [0, 0.1) is 6.92 Å². The smallest absolute Gasteiger partial charge is 0.340 e. The fourth-order valence-electron chi connectivity index (χ4n) is 2.51. The van der Waals surface area contributed by atoms with Crippen molar-refractivity contribution >= 4 is 11.5 Å². The van der Waals surface area contributed by atoms with E-state index in [2.05, 4.69) is 18.2 Å². The van der Waals surface area contributed by atoms with Crippen LogP contribution in [0.25, 0.3) is 5.52 Å². The maximum Gasteiger partial charge on any atom is 0.340 e. The quantitative estimate of drug-likeness (QED) is 0.774. The zero-order chi connectivity index (χ0) is 13.3. The molecule has 0 unspecified atom stereocenters. The highest BCUT2D eigenvalue weighted by Gasteiger charge is 2.23. The summed E-state index contributed by atoms with van der Waals surface area (Å²) < 4.78 is 7.25. The normalized spacial score (nSPS) is 11.2. The molecule has 0 aliphatic carbocycles. The van der Waals surface area contributed by atoms with Gasteiger partial charge < -0.3 is 9.14 Å². The van der Waals surface area contributed by atoms with Crippen molar-refractivity contribution in [3.05, 3.63) is 41.2 Å². The summed E-state index contributed by atoms with van der Waals surface area (Å²) in [5.74, 6) is 0.0716. The summed E-state index contributed by atoms with van der Waals surface area (Å²) >= 11 is 0. The monoisotopic (exact) mass is 245 g/mol. The molecule has 2 rings (SSSR count). The molecule has 0 aromatic carbocycles. The Morgan fingerprint density at radius 3 is 2.72 bits per heavy atom. The van der Waals surface area contributed by atoms with E-state index in [-0.39, 0.29) is 5.97 Å². The lowest BCUT2D eigenvalue weighted by molar-refractivity contribution is 0.0527. The number of esters is 1. The molecule has 2 heterocycles. The van der Waals surface area contributed by atoms with Crippen molar-refractivity contribution in [3.63, 3.8) is 0 Å². The second kappa shape index (κ2) is 4.84. The van der Waals surface area contributed by atoms with Crippen molar-refractivity contribution in [1.29, 1.82) is 0 Å². The van der Waals surface area contributed by atoms with Gasteiger partial charge >= 0.3 is 5.97 Å². The van der Waals surface area contributed by atoms with E-state index >= 15 is 0 Å². The third-order valence-corrected chi connectivity index (χ3v) is 3.19. The number of fused-ring (bicyclic) bond motifs is 1. The second-order valence-corrected chi connectivity index (χ2v) is 4.71. The van der Waals surface area contributed by atoms with Gasteiger partial charge in [-0.05, 0) is 37.5 Å². The van der Waals surface area contributed by atoms with Gasteiger partial charge in [-0.2, -0.15) is 0 Å². The molecule has 18 heavy (non-hydrogen) atoms. The number of nitrogens with zero attached hydrogens (tertiary/aromatic N) is 1. The molecule has 0 bridgehead atoms. The van der Waals surface area contributed by atoms with Crippen LogP contribution in [0.4, 0.5) is 0 Å². The van der Waals surface area contributed by atoms with Gasteiger partial charge in [0.15, 0.2) is 0 Å². The topological polar surface area (TPSA) is 30.7 Å². The molecule has 0 radical (unpaired) electrons. The van der Waals surface area contributed by atoms with Crippen molar-refractivity contribution < 1.29 is 9.53 Å². The summed E-state index contributed by atoms with van der Waals surface area (Å²) in [6.45, 7) is 8.48. The van der Waals surface area contributed by atoms with Gasteiger partial charge in [-0.25, -0.2) is 4.79 Å². The third-order valence-electron chi connectivity index (χ3n) is 3.19. The molecule has 0 atom stereocenters. The molecule has 0 aliphatic rings. The Kier molecular flexibility index (Phi) is 3.41. The summed E-state index contributed by atoms with van der Waals surface area (Å²) in [5, 5.41) is 0. The van der Waals surface area contributed by atoms with Crippen LogP contribution in [-0.2, 0) is 4.74 Å². The Hall–Kier alpha value is -1.77. The molecular weight excluding hydrogens is 226 g/mol. The van der Waals surface area contributed by atoms with E-state index < -0.39 is 0 Å². The van der Waals surface area contributed by atoms with Gasteiger partial charge in [0.2, 0.25) is 0 Å². The zero-order valence-corrected chi connectivity index (χ0v) is 11.4. The van der Waals surface area contributed by atoms with Crippen LogP contribution in [0.3, 0.4) is 0 Å². The summed E-state index contributed by atoms with van der Waals surface area (Å²) in [4.78, 5) is 12.2. The highest BCUT2D eigenvalue weighted by Crippen LogP contribution is 2.30. The Labute approximate surface area is 107 Å². The molecule has 2 aromatic rings. The van der Waals surface area contributed by atoms with E-state index in [0.717, 1.165) is 16.8 Å². The fraction of sp³-hybridized carbons (Fsp3) is 0.400. The minimum Gasteiger partial charge on any atom is -0.462 e. The Bertz CT molecular complexity index is 581. The van der Waals surface area contributed by atoms with Gasteiger partial charge in [0.1, 0.15) is 0 Å². The SMILES string of the molecule is CCOC(=O)c1c(C(C)C)c(C)n2ccccc12. The Morgan fingerprint density at radius 2 is 2.11 bits per heavy atom. The predicted molar refractivity (Wildman–Crippen MR) is 72.2 cm³/mol. The summed E-state index contributed by atoms with van der Waals surface area (Å²) in [6.07, 6.45) is 1.99. The predicted octanol–water partition coefficient (Wildman–Crippen LogP) is 3.55. The number of hydrogen-bond donors (Lipinski definition) is 0. The maximum absolute atomic E-state index is 12.2. The Balaban J connectivity index is 2.75. The van der Waals surface area contributed by atoms with E-state index in [1.165, 1.54) is 0 Å². The van der Waals surface area contributed by atoms with Crippen molar-refractivity contribution in [1.82, 2.24) is 4.40 Å². The number of carbonyl (C=O) groups is 1. The lowest BCUT2D eigenvalue weighted by Gasteiger charge is -2.08. The lowest BCUT2D eigenvalue weighted by Crippen LogP contribution is -2.07. The standard InChI is InChI=1S/C15H19NO2/c1-5-18-15(17)14-12-8-6-7-9-16(12)11(4)13(14)10(2)3/h6-10H,5H2,1-4H3. The molecule has 2 aromatic heterocycles. The fourth-order valence-corrected chi connectivity index (χ4v) is 2.51. The van der Waals surface area contributed by atoms with Crippen molar-refractivity contribution in [3.8, 4) is 0 Å². The molecule has 3 nitrogen and oxygen atoms in total. The van der Waals surface area contributed by atoms with Crippen LogP contribution < -0.4 is 0 Å². The first-order chi connectivity index (χ1) is 8.57. The molecule has 0 saturated heterocycles. The van der Waals surface area contributed by atoms with Gasteiger partial charge in [0.05, 0.1) is 17.7 Å². The highest BCUT2D eigenvalue weighted by atomic mass is 16.5. The zero-order valence-electron chi connectivity index (χ0n) is 11.4. The lowest BCUT2D eigenvalue weighted by atomic mass is 9.98. The van der Waals surface area contributed by atoms with E-state index in [9.17, 15) is 4.79 Å². The van der Waals surface area contributed by atoms with Crippen molar-refractivity contribution in [2.45, 2.75) is 33.6 Å². The molecule has 0 N–H and O–H groups in total. The number of pyridine rings is 1. The summed E-state index contributed by atoms with van der Waals surface area (Å²) in [5.41, 5.74) is 3.84. The minimum atomic E-state index is -0.224. The van der Waals surface area contributed by atoms with Gasteiger partial charge in [0.25, 0.3) is 0 Å². The van der Waals surface area contributed by atoms with E-state index in [1.807, 2.05) is 38.2 Å². The maximum atomic E-state index is 12.2. The van der Waals surface area contributed by atoms with Crippen LogP contribution in [0.15, 0.2) is 24.4 Å². The number of hydrogen-bond acceptors (Lipinski definition) is 2. The van der Waals surface area contributed by atoms with E-state index in [4.69, 9.17) is 4.74 Å². The van der Waals surface area contributed by atoms with E-state index in [0.29, 0.717) is 18.1 Å². The largest absolute Gasteiger partial charge is 0.462 e. The first-order valence-corrected chi connectivity index (χ1v) is 6.34. The molecule has 0 fully saturated rings. The van der Waals surface area contributed by atoms with E-state index in [1.54, 1.807) is 0 Å². The van der Waals surface area contributed by atoms with Gasteiger partial charge in [-0.15, -0.1) is 0 Å². The third kappa shape index (κ3) is 1.90. The first-order valence-electron chi connectivity index (χ1n) is 6.34. The van der Waals surface area contributed by atoms with Crippen LogP contribution in [0.5, 0.6) is 0 Å². The Morgan fingerprint density at radius 1 is 1.39 bits per heavy atom. The summed E-state index contributed by atoms with van der Waals surface area (Å²) in [7, 11) is 0. The molecular formula is C15H19NO2. The summed E-state index contributed by atoms with van der Waals surface area (Å²) in [6, 6.07) is 5.88. The number of aromatic nitrogens is 1. The molecule has 0 spiro atoms. The number of rotatable bonds is 3. The molecule has 3 heteroatoms. The first kappa shape index (κ1) is 12.7. The molecule has 0 amide bonds. The van der Waals surface area contributed by atoms with Crippen LogP contribution in [0.2, 0.25) is 0 Å². The minimum absolute atomic E-state index is 0.224. The molecule has 0 aliphatic heterocycles. The number of aryl methyl sites for hydroxylation is 1.